The van der Waals surface area contributed by atoms with Crippen LogP contribution in [0.4, 0.5) is 0 Å². The molecule has 0 radical (unpaired) electrons. The van der Waals surface area contributed by atoms with Crippen molar-refractivity contribution in [3.63, 3.8) is 0 Å². The number of aryl methyl sites for hydroxylation is 1. The molecule has 0 aliphatic heterocycles. The Hall–Kier alpha value is -1.27. The molecule has 3 heteroatoms. The number of nitrogens with zero attached hydrogens (tertiary/aromatic N) is 2. The standard InChI is InChI=1S/C11H17N3/c1-5-7-14-10(4)11(8-12-6-2)9(3)13-14/h1,12H,6-8H2,2-4H3. The van der Waals surface area contributed by atoms with Gasteiger partial charge in [0.15, 0.2) is 0 Å². The van der Waals surface area contributed by atoms with Gasteiger partial charge in [-0.15, -0.1) is 6.42 Å². The Balaban J connectivity index is 2.88. The number of terminal acetylenes is 1. The highest BCUT2D eigenvalue weighted by Gasteiger charge is 2.09. The maximum absolute atomic E-state index is 5.26. The molecule has 1 aromatic heterocycles. The van der Waals surface area contributed by atoms with Gasteiger partial charge >= 0.3 is 0 Å². The Labute approximate surface area is 85.5 Å². The monoisotopic (exact) mass is 191 g/mol. The molecule has 0 saturated heterocycles. The number of aromatic nitrogens is 2. The van der Waals surface area contributed by atoms with Gasteiger partial charge < -0.3 is 5.32 Å². The first-order valence-corrected chi connectivity index (χ1v) is 4.87. The SMILES string of the molecule is C#CCn1nc(C)c(CNCC)c1C. The second-order valence-electron chi connectivity index (χ2n) is 3.29. The van der Waals surface area contributed by atoms with E-state index in [1.54, 1.807) is 0 Å². The molecule has 1 aromatic rings. The van der Waals surface area contributed by atoms with Crippen LogP contribution < -0.4 is 5.32 Å². The average molecular weight is 191 g/mol. The van der Waals surface area contributed by atoms with E-state index in [9.17, 15) is 0 Å². The van der Waals surface area contributed by atoms with Gasteiger partial charge in [0.05, 0.1) is 5.69 Å². The quantitative estimate of drug-likeness (QED) is 0.726. The van der Waals surface area contributed by atoms with Gasteiger partial charge in [0.2, 0.25) is 0 Å². The summed E-state index contributed by atoms with van der Waals surface area (Å²) in [6.07, 6.45) is 5.26. The lowest BCUT2D eigenvalue weighted by Gasteiger charge is -2.02. The minimum absolute atomic E-state index is 0.554. The van der Waals surface area contributed by atoms with Crippen LogP contribution in [0.1, 0.15) is 23.9 Å². The third-order valence-corrected chi connectivity index (χ3v) is 2.32. The van der Waals surface area contributed by atoms with Gasteiger partial charge in [-0.05, 0) is 20.4 Å². The highest BCUT2D eigenvalue weighted by Crippen LogP contribution is 2.12. The fourth-order valence-electron chi connectivity index (χ4n) is 1.48. The predicted octanol–water partition coefficient (Wildman–Crippen LogP) is 1.24. The third-order valence-electron chi connectivity index (χ3n) is 2.32. The van der Waals surface area contributed by atoms with E-state index in [4.69, 9.17) is 6.42 Å². The van der Waals surface area contributed by atoms with Crippen molar-refractivity contribution in [2.45, 2.75) is 33.9 Å². The number of hydrogen-bond donors (Lipinski definition) is 1. The summed E-state index contributed by atoms with van der Waals surface area (Å²) < 4.78 is 1.88. The highest BCUT2D eigenvalue weighted by molar-refractivity contribution is 5.24. The molecule has 0 fully saturated rings. The van der Waals surface area contributed by atoms with Crippen LogP contribution in [0.15, 0.2) is 0 Å². The molecule has 14 heavy (non-hydrogen) atoms. The normalized spacial score (nSPS) is 10.1. The van der Waals surface area contributed by atoms with Crippen LogP contribution >= 0.6 is 0 Å². The molecule has 1 heterocycles. The summed E-state index contributed by atoms with van der Waals surface area (Å²) in [6, 6.07) is 0. The summed E-state index contributed by atoms with van der Waals surface area (Å²) in [4.78, 5) is 0. The minimum atomic E-state index is 0.554. The lowest BCUT2D eigenvalue weighted by molar-refractivity contribution is 0.679. The molecule has 0 aliphatic rings. The summed E-state index contributed by atoms with van der Waals surface area (Å²) in [5.41, 5.74) is 3.50. The molecule has 0 aromatic carbocycles. The van der Waals surface area contributed by atoms with Crippen molar-refractivity contribution in [3.8, 4) is 12.3 Å². The van der Waals surface area contributed by atoms with Crippen LogP contribution in [0.25, 0.3) is 0 Å². The van der Waals surface area contributed by atoms with E-state index in [2.05, 4.69) is 30.2 Å². The van der Waals surface area contributed by atoms with Crippen LogP contribution in [-0.4, -0.2) is 16.3 Å². The van der Waals surface area contributed by atoms with Gasteiger partial charge in [0.1, 0.15) is 6.54 Å². The first-order valence-electron chi connectivity index (χ1n) is 4.87. The van der Waals surface area contributed by atoms with Gasteiger partial charge in [-0.25, -0.2) is 0 Å². The molecule has 0 bridgehead atoms. The van der Waals surface area contributed by atoms with E-state index in [1.165, 1.54) is 11.3 Å². The predicted molar refractivity (Wildman–Crippen MR) is 57.9 cm³/mol. The maximum atomic E-state index is 5.26. The summed E-state index contributed by atoms with van der Waals surface area (Å²) in [5, 5.41) is 7.68. The summed E-state index contributed by atoms with van der Waals surface area (Å²) in [7, 11) is 0. The van der Waals surface area contributed by atoms with Crippen LogP contribution in [0, 0.1) is 26.2 Å². The van der Waals surface area contributed by atoms with Gasteiger partial charge in [-0.2, -0.15) is 5.10 Å². The molecule has 3 nitrogen and oxygen atoms in total. The molecule has 0 amide bonds. The van der Waals surface area contributed by atoms with Crippen molar-refractivity contribution in [1.29, 1.82) is 0 Å². The molecule has 0 spiro atoms. The van der Waals surface area contributed by atoms with Crippen molar-refractivity contribution in [2.75, 3.05) is 6.54 Å². The summed E-state index contributed by atoms with van der Waals surface area (Å²) in [5.74, 6) is 2.60. The lowest BCUT2D eigenvalue weighted by atomic mass is 10.2. The molecule has 76 valence electrons. The molecule has 1 N–H and O–H groups in total. The van der Waals surface area contributed by atoms with Crippen molar-refractivity contribution < 1.29 is 0 Å². The first-order chi connectivity index (χ1) is 6.70. The zero-order chi connectivity index (χ0) is 10.6. The van der Waals surface area contributed by atoms with Gasteiger partial charge in [0, 0.05) is 17.8 Å². The number of hydrogen-bond acceptors (Lipinski definition) is 2. The molecule has 0 unspecified atom stereocenters. The fraction of sp³-hybridized carbons (Fsp3) is 0.545. The van der Waals surface area contributed by atoms with Crippen molar-refractivity contribution in [1.82, 2.24) is 15.1 Å². The third kappa shape index (κ3) is 2.15. The van der Waals surface area contributed by atoms with Crippen LogP contribution in [0.5, 0.6) is 0 Å². The Bertz CT molecular complexity index is 344. The Kier molecular flexibility index (Phi) is 3.73. The van der Waals surface area contributed by atoms with E-state index in [1.807, 2.05) is 11.6 Å². The van der Waals surface area contributed by atoms with Gasteiger partial charge in [0.25, 0.3) is 0 Å². The smallest absolute Gasteiger partial charge is 0.102 e. The van der Waals surface area contributed by atoms with E-state index in [-0.39, 0.29) is 0 Å². The zero-order valence-electron chi connectivity index (χ0n) is 9.09. The van der Waals surface area contributed by atoms with Crippen LogP contribution in [0.3, 0.4) is 0 Å². The van der Waals surface area contributed by atoms with E-state index in [0.29, 0.717) is 6.54 Å². The topological polar surface area (TPSA) is 29.9 Å². The van der Waals surface area contributed by atoms with Gasteiger partial charge in [-0.1, -0.05) is 12.8 Å². The second kappa shape index (κ2) is 4.83. The zero-order valence-corrected chi connectivity index (χ0v) is 9.09. The Morgan fingerprint density at radius 1 is 1.50 bits per heavy atom. The van der Waals surface area contributed by atoms with Crippen molar-refractivity contribution in [3.05, 3.63) is 17.0 Å². The Morgan fingerprint density at radius 2 is 2.21 bits per heavy atom. The van der Waals surface area contributed by atoms with E-state index in [0.717, 1.165) is 18.8 Å². The largest absolute Gasteiger partial charge is 0.313 e. The van der Waals surface area contributed by atoms with Crippen molar-refractivity contribution >= 4 is 0 Å². The van der Waals surface area contributed by atoms with Crippen LogP contribution in [-0.2, 0) is 13.1 Å². The molecular weight excluding hydrogens is 174 g/mol. The fourth-order valence-corrected chi connectivity index (χ4v) is 1.48. The molecular formula is C11H17N3. The maximum Gasteiger partial charge on any atom is 0.102 e. The molecule has 0 aliphatic carbocycles. The van der Waals surface area contributed by atoms with Gasteiger partial charge in [-0.3, -0.25) is 4.68 Å². The summed E-state index contributed by atoms with van der Waals surface area (Å²) >= 11 is 0. The summed E-state index contributed by atoms with van der Waals surface area (Å²) in [6.45, 7) is 8.57. The molecule has 1 rings (SSSR count). The van der Waals surface area contributed by atoms with Crippen molar-refractivity contribution in [2.24, 2.45) is 0 Å². The first kappa shape index (κ1) is 10.8. The molecule has 0 atom stereocenters. The highest BCUT2D eigenvalue weighted by atomic mass is 15.3. The number of rotatable bonds is 4. The number of nitrogens with one attached hydrogen (secondary N) is 1. The second-order valence-corrected chi connectivity index (χ2v) is 3.29. The van der Waals surface area contributed by atoms with E-state index < -0.39 is 0 Å². The van der Waals surface area contributed by atoms with E-state index >= 15 is 0 Å². The molecule has 0 saturated carbocycles. The average Bonchev–Trinajstić information content (AvgIpc) is 2.41. The lowest BCUT2D eigenvalue weighted by Crippen LogP contribution is -2.13. The minimum Gasteiger partial charge on any atom is -0.313 e. The Morgan fingerprint density at radius 3 is 2.79 bits per heavy atom. The van der Waals surface area contributed by atoms with Crippen LogP contribution in [0.2, 0.25) is 0 Å².